The molecule has 0 saturated heterocycles. The summed E-state index contributed by atoms with van der Waals surface area (Å²) in [4.78, 5) is 0. The molecular weight excluding hydrogens is 216 g/mol. The quantitative estimate of drug-likeness (QED) is 0.491. The maximum absolute atomic E-state index is 5.42. The third kappa shape index (κ3) is 7.50. The smallest absolute Gasteiger partial charge is 0.0837 e. The predicted molar refractivity (Wildman–Crippen MR) is 66.5 cm³/mol. The molecule has 1 rings (SSSR count). The largest absolute Gasteiger partial charge is 0.380 e. The van der Waals surface area contributed by atoms with Gasteiger partial charge >= 0.3 is 0 Å². The maximum atomic E-state index is 5.42. The van der Waals surface area contributed by atoms with Crippen molar-refractivity contribution in [3.8, 4) is 11.8 Å². The summed E-state index contributed by atoms with van der Waals surface area (Å²) in [7, 11) is 0. The molecule has 1 aromatic heterocycles. The van der Waals surface area contributed by atoms with Crippen molar-refractivity contribution in [1.29, 1.82) is 0 Å². The number of aromatic amines is 1. The van der Waals surface area contributed by atoms with Crippen molar-refractivity contribution in [3.05, 3.63) is 11.9 Å². The molecule has 0 radical (unpaired) electrons. The molecule has 1 heterocycles. The van der Waals surface area contributed by atoms with Gasteiger partial charge in [-0.25, -0.2) is 0 Å². The fourth-order valence-corrected chi connectivity index (χ4v) is 1.34. The van der Waals surface area contributed by atoms with Crippen molar-refractivity contribution < 1.29 is 4.74 Å². The molecule has 0 spiro atoms. The highest BCUT2D eigenvalue weighted by atomic mass is 16.5. The molecule has 0 aromatic carbocycles. The molecule has 0 saturated carbocycles. The Balaban J connectivity index is 1.79. The molecule has 0 aliphatic heterocycles. The second-order valence-electron chi connectivity index (χ2n) is 3.61. The lowest BCUT2D eigenvalue weighted by molar-refractivity contribution is 0.137. The molecule has 2 N–H and O–H groups in total. The summed E-state index contributed by atoms with van der Waals surface area (Å²) in [5.74, 6) is 5.81. The van der Waals surface area contributed by atoms with E-state index in [1.807, 2.05) is 13.1 Å². The Hall–Kier alpha value is -1.38. The summed E-state index contributed by atoms with van der Waals surface area (Å²) >= 11 is 0. The summed E-state index contributed by atoms with van der Waals surface area (Å²) in [5, 5.41) is 13.6. The van der Waals surface area contributed by atoms with Gasteiger partial charge in [0.2, 0.25) is 0 Å². The highest BCUT2D eigenvalue weighted by molar-refractivity contribution is 4.94. The van der Waals surface area contributed by atoms with Crippen molar-refractivity contribution in [3.63, 3.8) is 0 Å². The lowest BCUT2D eigenvalue weighted by Gasteiger charge is -2.03. The van der Waals surface area contributed by atoms with E-state index < -0.39 is 0 Å². The highest BCUT2D eigenvalue weighted by Gasteiger charge is 1.94. The second-order valence-corrected chi connectivity index (χ2v) is 3.61. The first kappa shape index (κ1) is 13.7. The van der Waals surface area contributed by atoms with E-state index in [-0.39, 0.29) is 0 Å². The topological polar surface area (TPSA) is 62.8 Å². The Bertz CT molecular complexity index is 326. The van der Waals surface area contributed by atoms with E-state index >= 15 is 0 Å². The molecule has 0 bridgehead atoms. The maximum Gasteiger partial charge on any atom is 0.0837 e. The lowest BCUT2D eigenvalue weighted by atomic mass is 10.3. The van der Waals surface area contributed by atoms with Crippen LogP contribution in [0.25, 0.3) is 0 Å². The predicted octanol–water partition coefficient (Wildman–Crippen LogP) is 0.757. The van der Waals surface area contributed by atoms with E-state index in [4.69, 9.17) is 4.74 Å². The number of hydrogen-bond acceptors (Lipinski definition) is 4. The van der Waals surface area contributed by atoms with Crippen LogP contribution >= 0.6 is 0 Å². The number of aromatic nitrogens is 3. The SMILES string of the molecule is CC#CCCOCCCNCCc1c[nH]nn1. The molecule has 94 valence electrons. The van der Waals surface area contributed by atoms with Gasteiger partial charge in [-0.3, -0.25) is 5.10 Å². The Morgan fingerprint density at radius 2 is 2.35 bits per heavy atom. The molecule has 17 heavy (non-hydrogen) atoms. The fourth-order valence-electron chi connectivity index (χ4n) is 1.34. The van der Waals surface area contributed by atoms with Crippen LogP contribution in [0.4, 0.5) is 0 Å². The van der Waals surface area contributed by atoms with E-state index in [2.05, 4.69) is 32.6 Å². The Labute approximate surface area is 102 Å². The van der Waals surface area contributed by atoms with E-state index in [1.54, 1.807) is 0 Å². The number of rotatable bonds is 9. The van der Waals surface area contributed by atoms with Crippen LogP contribution in [0.3, 0.4) is 0 Å². The van der Waals surface area contributed by atoms with Gasteiger partial charge in [0.1, 0.15) is 0 Å². The monoisotopic (exact) mass is 236 g/mol. The third-order valence-corrected chi connectivity index (χ3v) is 2.22. The first-order chi connectivity index (χ1) is 8.43. The Morgan fingerprint density at radius 1 is 1.41 bits per heavy atom. The molecule has 0 unspecified atom stereocenters. The average molecular weight is 236 g/mol. The summed E-state index contributed by atoms with van der Waals surface area (Å²) in [5.41, 5.74) is 0.992. The summed E-state index contributed by atoms with van der Waals surface area (Å²) in [6, 6.07) is 0. The molecule has 5 heteroatoms. The van der Waals surface area contributed by atoms with E-state index in [1.165, 1.54) is 0 Å². The fraction of sp³-hybridized carbons (Fsp3) is 0.667. The minimum atomic E-state index is 0.736. The zero-order valence-electron chi connectivity index (χ0n) is 10.3. The van der Waals surface area contributed by atoms with Crippen molar-refractivity contribution in [1.82, 2.24) is 20.7 Å². The van der Waals surface area contributed by atoms with Gasteiger partial charge in [-0.2, -0.15) is 0 Å². The third-order valence-electron chi connectivity index (χ3n) is 2.22. The van der Waals surface area contributed by atoms with Crippen LogP contribution in [0, 0.1) is 11.8 Å². The number of nitrogens with one attached hydrogen (secondary N) is 2. The average Bonchev–Trinajstić information content (AvgIpc) is 2.85. The first-order valence-corrected chi connectivity index (χ1v) is 5.97. The van der Waals surface area contributed by atoms with E-state index in [0.29, 0.717) is 0 Å². The standard InChI is InChI=1S/C12H20N4O/c1-2-3-4-9-17-10-5-7-13-8-6-12-11-14-16-15-12/h11,13H,4-10H2,1H3,(H,14,15,16). The van der Waals surface area contributed by atoms with Gasteiger partial charge in [0.15, 0.2) is 0 Å². The van der Waals surface area contributed by atoms with Gasteiger partial charge in [0.05, 0.1) is 12.3 Å². The van der Waals surface area contributed by atoms with Crippen molar-refractivity contribution >= 4 is 0 Å². The van der Waals surface area contributed by atoms with Gasteiger partial charge in [0, 0.05) is 32.2 Å². The molecule has 0 fully saturated rings. The minimum absolute atomic E-state index is 0.736. The lowest BCUT2D eigenvalue weighted by Crippen LogP contribution is -2.20. The van der Waals surface area contributed by atoms with Gasteiger partial charge < -0.3 is 10.1 Å². The summed E-state index contributed by atoms with van der Waals surface area (Å²) < 4.78 is 5.42. The number of hydrogen-bond donors (Lipinski definition) is 2. The number of nitrogens with zero attached hydrogens (tertiary/aromatic N) is 2. The van der Waals surface area contributed by atoms with Gasteiger partial charge in [0.25, 0.3) is 0 Å². The normalized spacial score (nSPS) is 9.94. The first-order valence-electron chi connectivity index (χ1n) is 5.97. The minimum Gasteiger partial charge on any atom is -0.380 e. The van der Waals surface area contributed by atoms with Crippen LogP contribution in [0.2, 0.25) is 0 Å². The Morgan fingerprint density at radius 3 is 3.12 bits per heavy atom. The van der Waals surface area contributed by atoms with Crippen molar-refractivity contribution in [2.75, 3.05) is 26.3 Å². The number of H-pyrrole nitrogens is 1. The molecule has 1 aromatic rings. The van der Waals surface area contributed by atoms with Crippen molar-refractivity contribution in [2.24, 2.45) is 0 Å². The van der Waals surface area contributed by atoms with Gasteiger partial charge in [-0.1, -0.05) is 5.21 Å². The van der Waals surface area contributed by atoms with Crippen LogP contribution in [0.1, 0.15) is 25.5 Å². The second kappa shape index (κ2) is 9.82. The highest BCUT2D eigenvalue weighted by Crippen LogP contribution is 1.89. The van der Waals surface area contributed by atoms with Crippen LogP contribution < -0.4 is 5.32 Å². The molecule has 0 aliphatic rings. The molecule has 0 amide bonds. The Kier molecular flexibility index (Phi) is 7.90. The van der Waals surface area contributed by atoms with Crippen LogP contribution in [-0.4, -0.2) is 41.7 Å². The van der Waals surface area contributed by atoms with Gasteiger partial charge in [-0.05, 0) is 19.9 Å². The molecule has 0 atom stereocenters. The molecule has 5 nitrogen and oxygen atoms in total. The molecule has 0 aliphatic carbocycles. The van der Waals surface area contributed by atoms with Crippen LogP contribution in [0.5, 0.6) is 0 Å². The summed E-state index contributed by atoms with van der Waals surface area (Å²) in [6.45, 7) is 5.27. The van der Waals surface area contributed by atoms with E-state index in [0.717, 1.165) is 51.3 Å². The summed E-state index contributed by atoms with van der Waals surface area (Å²) in [6.07, 6.45) is 4.58. The van der Waals surface area contributed by atoms with Gasteiger partial charge in [-0.15, -0.1) is 16.9 Å². The van der Waals surface area contributed by atoms with E-state index in [9.17, 15) is 0 Å². The molecular formula is C12H20N4O. The van der Waals surface area contributed by atoms with Crippen LogP contribution in [0.15, 0.2) is 6.20 Å². The zero-order chi connectivity index (χ0) is 12.2. The zero-order valence-corrected chi connectivity index (χ0v) is 10.3. The number of ether oxygens (including phenoxy) is 1. The van der Waals surface area contributed by atoms with Crippen LogP contribution in [-0.2, 0) is 11.2 Å². The van der Waals surface area contributed by atoms with Crippen molar-refractivity contribution in [2.45, 2.75) is 26.2 Å².